The van der Waals surface area contributed by atoms with Gasteiger partial charge in [-0.25, -0.2) is 0 Å². The molecule has 1 heterocycles. The lowest BCUT2D eigenvalue weighted by Gasteiger charge is -2.17. The van der Waals surface area contributed by atoms with Crippen molar-refractivity contribution in [3.05, 3.63) is 0 Å². The van der Waals surface area contributed by atoms with Crippen molar-refractivity contribution in [3.63, 3.8) is 0 Å². The number of carbonyl (C=O) groups excluding carboxylic acids is 1. The molecule has 1 fully saturated rings. The molecule has 0 radical (unpaired) electrons. The van der Waals surface area contributed by atoms with Crippen LogP contribution < -0.4 is 5.73 Å². The van der Waals surface area contributed by atoms with E-state index in [-0.39, 0.29) is 11.9 Å². The van der Waals surface area contributed by atoms with E-state index < -0.39 is 0 Å². The van der Waals surface area contributed by atoms with Crippen LogP contribution >= 0.6 is 0 Å². The van der Waals surface area contributed by atoms with E-state index >= 15 is 0 Å². The molecule has 1 atom stereocenters. The Bertz CT molecular complexity index is 209. The minimum absolute atomic E-state index is 0.00403. The number of hydrogen-bond donors (Lipinski definition) is 1. The molecule has 0 bridgehead atoms. The van der Waals surface area contributed by atoms with Gasteiger partial charge in [0.2, 0.25) is 5.91 Å². The SMILES string of the molecule is N#CC1CCCN1CCC(N)=O. The zero-order chi connectivity index (χ0) is 8.97. The van der Waals surface area contributed by atoms with Gasteiger partial charge in [-0.05, 0) is 19.4 Å². The van der Waals surface area contributed by atoms with E-state index in [0.29, 0.717) is 13.0 Å². The number of nitrogens with zero attached hydrogens (tertiary/aromatic N) is 2. The largest absolute Gasteiger partial charge is 0.370 e. The van der Waals surface area contributed by atoms with Crippen molar-refractivity contribution in [2.75, 3.05) is 13.1 Å². The molecule has 0 saturated carbocycles. The van der Waals surface area contributed by atoms with Crippen molar-refractivity contribution in [2.24, 2.45) is 5.73 Å². The number of nitriles is 1. The Morgan fingerprint density at radius 1 is 1.75 bits per heavy atom. The maximum atomic E-state index is 10.5. The second-order valence-corrected chi connectivity index (χ2v) is 3.04. The normalized spacial score (nSPS) is 23.8. The van der Waals surface area contributed by atoms with Crippen LogP contribution in [0.15, 0.2) is 0 Å². The highest BCUT2D eigenvalue weighted by molar-refractivity contribution is 5.73. The first-order valence-corrected chi connectivity index (χ1v) is 4.16. The van der Waals surface area contributed by atoms with Crippen molar-refractivity contribution in [1.29, 1.82) is 5.26 Å². The van der Waals surface area contributed by atoms with Gasteiger partial charge in [0.15, 0.2) is 0 Å². The quantitative estimate of drug-likeness (QED) is 0.635. The number of rotatable bonds is 3. The van der Waals surface area contributed by atoms with E-state index in [2.05, 4.69) is 6.07 Å². The van der Waals surface area contributed by atoms with Crippen molar-refractivity contribution in [1.82, 2.24) is 4.90 Å². The molecule has 12 heavy (non-hydrogen) atoms. The second-order valence-electron chi connectivity index (χ2n) is 3.04. The summed E-state index contributed by atoms with van der Waals surface area (Å²) in [6, 6.07) is 2.22. The van der Waals surface area contributed by atoms with Gasteiger partial charge in [0.25, 0.3) is 0 Å². The lowest BCUT2D eigenvalue weighted by Crippen LogP contribution is -2.31. The molecular weight excluding hydrogens is 154 g/mol. The van der Waals surface area contributed by atoms with Crippen LogP contribution in [0.4, 0.5) is 0 Å². The summed E-state index contributed by atoms with van der Waals surface area (Å²) < 4.78 is 0. The molecule has 1 unspecified atom stereocenters. The first-order chi connectivity index (χ1) is 5.74. The third kappa shape index (κ3) is 2.21. The Kier molecular flexibility index (Phi) is 3.06. The monoisotopic (exact) mass is 167 g/mol. The lowest BCUT2D eigenvalue weighted by molar-refractivity contribution is -0.118. The van der Waals surface area contributed by atoms with Crippen LogP contribution in [0.2, 0.25) is 0 Å². The number of primary amides is 1. The number of hydrogen-bond acceptors (Lipinski definition) is 3. The number of amides is 1. The van der Waals surface area contributed by atoms with Gasteiger partial charge in [-0.3, -0.25) is 9.69 Å². The Balaban J connectivity index is 2.32. The third-order valence-electron chi connectivity index (χ3n) is 2.16. The van der Waals surface area contributed by atoms with Crippen LogP contribution in [-0.2, 0) is 4.79 Å². The predicted molar refractivity (Wildman–Crippen MR) is 44.0 cm³/mol. The van der Waals surface area contributed by atoms with E-state index in [0.717, 1.165) is 19.4 Å². The fourth-order valence-electron chi connectivity index (χ4n) is 1.49. The Morgan fingerprint density at radius 2 is 2.50 bits per heavy atom. The second kappa shape index (κ2) is 4.07. The Hall–Kier alpha value is -1.08. The average molecular weight is 167 g/mol. The van der Waals surface area contributed by atoms with Gasteiger partial charge in [0, 0.05) is 13.0 Å². The number of carbonyl (C=O) groups is 1. The van der Waals surface area contributed by atoms with E-state index in [1.54, 1.807) is 0 Å². The Labute approximate surface area is 71.9 Å². The molecule has 4 nitrogen and oxygen atoms in total. The van der Waals surface area contributed by atoms with Crippen molar-refractivity contribution < 1.29 is 4.79 Å². The van der Waals surface area contributed by atoms with Gasteiger partial charge in [0.1, 0.15) is 0 Å². The van der Waals surface area contributed by atoms with Gasteiger partial charge in [0.05, 0.1) is 12.1 Å². The molecular formula is C8H13N3O. The number of nitrogens with two attached hydrogens (primary N) is 1. The summed E-state index contributed by atoms with van der Waals surface area (Å²) in [7, 11) is 0. The summed E-state index contributed by atoms with van der Waals surface area (Å²) in [5, 5.41) is 8.69. The molecule has 0 spiro atoms. The van der Waals surface area contributed by atoms with E-state index in [1.165, 1.54) is 0 Å². The fourth-order valence-corrected chi connectivity index (χ4v) is 1.49. The van der Waals surface area contributed by atoms with Gasteiger partial charge in [-0.15, -0.1) is 0 Å². The van der Waals surface area contributed by atoms with Crippen molar-refractivity contribution >= 4 is 5.91 Å². The smallest absolute Gasteiger partial charge is 0.218 e. The zero-order valence-electron chi connectivity index (χ0n) is 6.99. The van der Waals surface area contributed by atoms with Crippen LogP contribution in [0.5, 0.6) is 0 Å². The zero-order valence-corrected chi connectivity index (χ0v) is 6.99. The highest BCUT2D eigenvalue weighted by atomic mass is 16.1. The summed E-state index contributed by atoms with van der Waals surface area (Å²) in [6.07, 6.45) is 2.34. The van der Waals surface area contributed by atoms with Crippen molar-refractivity contribution in [3.8, 4) is 6.07 Å². The minimum atomic E-state index is -0.293. The van der Waals surface area contributed by atoms with Crippen LogP contribution in [0.25, 0.3) is 0 Å². The van der Waals surface area contributed by atoms with E-state index in [9.17, 15) is 4.79 Å². The summed E-state index contributed by atoms with van der Waals surface area (Å²) >= 11 is 0. The summed E-state index contributed by atoms with van der Waals surface area (Å²) in [5.74, 6) is -0.293. The maximum Gasteiger partial charge on any atom is 0.218 e. The average Bonchev–Trinajstić information content (AvgIpc) is 2.47. The van der Waals surface area contributed by atoms with E-state index in [4.69, 9.17) is 11.0 Å². The summed E-state index contributed by atoms with van der Waals surface area (Å²) in [5.41, 5.74) is 5.01. The third-order valence-corrected chi connectivity index (χ3v) is 2.16. The maximum absolute atomic E-state index is 10.5. The fraction of sp³-hybridized carbons (Fsp3) is 0.750. The lowest BCUT2D eigenvalue weighted by atomic mass is 10.2. The summed E-state index contributed by atoms with van der Waals surface area (Å²) in [6.45, 7) is 1.55. The molecule has 1 aliphatic heterocycles. The first-order valence-electron chi connectivity index (χ1n) is 4.16. The van der Waals surface area contributed by atoms with Crippen molar-refractivity contribution in [2.45, 2.75) is 25.3 Å². The highest BCUT2D eigenvalue weighted by Gasteiger charge is 2.23. The molecule has 0 aromatic carbocycles. The molecule has 0 aromatic heterocycles. The molecule has 1 aliphatic rings. The standard InChI is InChI=1S/C8H13N3O/c9-6-7-2-1-4-11(7)5-3-8(10)12/h7H,1-5H2,(H2,10,12). The van der Waals surface area contributed by atoms with Crippen LogP contribution in [0.3, 0.4) is 0 Å². The topological polar surface area (TPSA) is 70.1 Å². The molecule has 66 valence electrons. The Morgan fingerprint density at radius 3 is 3.08 bits per heavy atom. The molecule has 1 amide bonds. The number of likely N-dealkylation sites (tertiary alicyclic amines) is 1. The van der Waals surface area contributed by atoms with Crippen LogP contribution in [0.1, 0.15) is 19.3 Å². The van der Waals surface area contributed by atoms with E-state index in [1.807, 2.05) is 4.90 Å². The molecule has 0 aliphatic carbocycles. The first kappa shape index (κ1) is 9.01. The predicted octanol–water partition coefficient (Wildman–Crippen LogP) is -0.150. The van der Waals surface area contributed by atoms with Gasteiger partial charge >= 0.3 is 0 Å². The molecule has 4 heteroatoms. The molecule has 1 saturated heterocycles. The van der Waals surface area contributed by atoms with Gasteiger partial charge in [-0.2, -0.15) is 5.26 Å². The highest BCUT2D eigenvalue weighted by Crippen LogP contribution is 2.15. The van der Waals surface area contributed by atoms with Gasteiger partial charge < -0.3 is 5.73 Å². The minimum Gasteiger partial charge on any atom is -0.370 e. The molecule has 1 rings (SSSR count). The molecule has 2 N–H and O–H groups in total. The van der Waals surface area contributed by atoms with Crippen LogP contribution in [0, 0.1) is 11.3 Å². The summed E-state index contributed by atoms with van der Waals surface area (Å²) in [4.78, 5) is 12.5. The molecule has 0 aromatic rings. The van der Waals surface area contributed by atoms with Gasteiger partial charge in [-0.1, -0.05) is 0 Å². The van der Waals surface area contributed by atoms with Crippen LogP contribution in [-0.4, -0.2) is 29.9 Å².